The van der Waals surface area contributed by atoms with Crippen molar-refractivity contribution in [2.75, 3.05) is 0 Å². The van der Waals surface area contributed by atoms with Crippen molar-refractivity contribution in [1.82, 2.24) is 0 Å². The Kier molecular flexibility index (Phi) is 5.77. The first kappa shape index (κ1) is 20.3. The van der Waals surface area contributed by atoms with E-state index < -0.39 is 0 Å². The topological polar surface area (TPSA) is 0 Å². The van der Waals surface area contributed by atoms with Crippen LogP contribution in [0.15, 0.2) is 0 Å². The largest absolute Gasteiger partial charge is 0.0628 e. The third-order valence-corrected chi connectivity index (χ3v) is 10.5. The van der Waals surface area contributed by atoms with Gasteiger partial charge >= 0.3 is 0 Å². The lowest BCUT2D eigenvalue weighted by atomic mass is 9.44. The van der Waals surface area contributed by atoms with Crippen LogP contribution in [0.1, 0.15) is 112 Å². The Morgan fingerprint density at radius 3 is 2.41 bits per heavy atom. The Morgan fingerprint density at radius 1 is 0.852 bits per heavy atom. The van der Waals surface area contributed by atoms with Gasteiger partial charge in [-0.2, -0.15) is 0 Å². The number of hydrogen-bond donors (Lipinski definition) is 0. The monoisotopic (exact) mass is 371 g/mol. The second kappa shape index (κ2) is 7.68. The standard InChI is InChI=1S/C27H47/c1-19(2)9-8-10-20(3)23-14-15-24-22-13-12-21-11-6-7-17-26(21,4)25(22)16-18-27(23,24)5/h12,19-25H,6-11,13-18H2,1-5H3/t20-,21-,22?,23-,24?,25?,26+,27-/m1/s1. The molecule has 0 aromatic rings. The highest BCUT2D eigenvalue weighted by Crippen LogP contribution is 2.68. The predicted molar refractivity (Wildman–Crippen MR) is 117 cm³/mol. The zero-order valence-corrected chi connectivity index (χ0v) is 19.1. The molecule has 27 heavy (non-hydrogen) atoms. The highest BCUT2D eigenvalue weighted by molar-refractivity contribution is 5.12. The summed E-state index contributed by atoms with van der Waals surface area (Å²) in [4.78, 5) is 0. The number of hydrogen-bond acceptors (Lipinski definition) is 0. The van der Waals surface area contributed by atoms with E-state index in [1.807, 2.05) is 0 Å². The van der Waals surface area contributed by atoms with Crippen LogP contribution in [0.3, 0.4) is 0 Å². The van der Waals surface area contributed by atoms with Gasteiger partial charge in [0.2, 0.25) is 0 Å². The minimum Gasteiger partial charge on any atom is -0.0628 e. The van der Waals surface area contributed by atoms with E-state index in [-0.39, 0.29) is 0 Å². The van der Waals surface area contributed by atoms with Crippen LogP contribution in [0.5, 0.6) is 0 Å². The fourth-order valence-electron chi connectivity index (χ4n) is 9.01. The Labute approximate surface area is 170 Å². The van der Waals surface area contributed by atoms with Crippen LogP contribution in [0, 0.1) is 58.7 Å². The maximum atomic E-state index is 2.82. The van der Waals surface area contributed by atoms with Gasteiger partial charge in [0.05, 0.1) is 0 Å². The van der Waals surface area contributed by atoms with Gasteiger partial charge in [-0.25, -0.2) is 0 Å². The van der Waals surface area contributed by atoms with Crippen molar-refractivity contribution in [3.8, 4) is 0 Å². The van der Waals surface area contributed by atoms with E-state index in [9.17, 15) is 0 Å². The van der Waals surface area contributed by atoms with Crippen LogP contribution in [-0.2, 0) is 0 Å². The molecule has 0 aromatic carbocycles. The van der Waals surface area contributed by atoms with Gasteiger partial charge in [-0.1, -0.05) is 66.7 Å². The van der Waals surface area contributed by atoms with Crippen LogP contribution in [0.25, 0.3) is 0 Å². The Morgan fingerprint density at radius 2 is 1.63 bits per heavy atom. The minimum atomic E-state index is 0.656. The van der Waals surface area contributed by atoms with E-state index in [1.165, 1.54) is 57.8 Å². The molecule has 0 heterocycles. The fraction of sp³-hybridized carbons (Fsp3) is 0.963. The van der Waals surface area contributed by atoms with E-state index in [0.717, 1.165) is 41.4 Å². The van der Waals surface area contributed by atoms with E-state index >= 15 is 0 Å². The molecule has 0 amide bonds. The average Bonchev–Trinajstić information content (AvgIpc) is 2.98. The van der Waals surface area contributed by atoms with Crippen LogP contribution < -0.4 is 0 Å². The van der Waals surface area contributed by atoms with Crippen molar-refractivity contribution in [3.63, 3.8) is 0 Å². The molecule has 0 aliphatic heterocycles. The SMILES string of the molecule is CC(C)CCC[C@@H](C)[C@H]1CCC2C3C[CH][C@H]4CCCC[C@]4(C)C3CC[C@@]21C. The summed E-state index contributed by atoms with van der Waals surface area (Å²) in [6.07, 6.45) is 20.8. The second-order valence-electron chi connectivity index (χ2n) is 12.2. The third-order valence-electron chi connectivity index (χ3n) is 10.5. The van der Waals surface area contributed by atoms with Crippen molar-refractivity contribution in [3.05, 3.63) is 6.42 Å². The molecule has 4 rings (SSSR count). The molecule has 0 spiro atoms. The molecule has 0 nitrogen and oxygen atoms in total. The van der Waals surface area contributed by atoms with Crippen LogP contribution in [-0.4, -0.2) is 0 Å². The van der Waals surface area contributed by atoms with Gasteiger partial charge < -0.3 is 0 Å². The van der Waals surface area contributed by atoms with Crippen molar-refractivity contribution in [1.29, 1.82) is 0 Å². The lowest BCUT2D eigenvalue weighted by molar-refractivity contribution is -0.0960. The molecule has 8 atom stereocenters. The van der Waals surface area contributed by atoms with Crippen molar-refractivity contribution in [2.24, 2.45) is 52.3 Å². The summed E-state index contributed by atoms with van der Waals surface area (Å²) in [6, 6.07) is 0. The molecule has 0 saturated heterocycles. The lowest BCUT2D eigenvalue weighted by Gasteiger charge is -2.60. The van der Waals surface area contributed by atoms with Gasteiger partial charge in [-0.15, -0.1) is 0 Å². The molecule has 0 bridgehead atoms. The zero-order valence-electron chi connectivity index (χ0n) is 19.1. The first-order chi connectivity index (χ1) is 12.9. The summed E-state index contributed by atoms with van der Waals surface area (Å²) < 4.78 is 0. The first-order valence-corrected chi connectivity index (χ1v) is 12.7. The smallest absolute Gasteiger partial charge is 0.0264 e. The van der Waals surface area contributed by atoms with Gasteiger partial charge in [0.25, 0.3) is 0 Å². The summed E-state index contributed by atoms with van der Waals surface area (Å²) in [5.41, 5.74) is 1.31. The van der Waals surface area contributed by atoms with Crippen molar-refractivity contribution >= 4 is 0 Å². The quantitative estimate of drug-likeness (QED) is 0.456. The lowest BCUT2D eigenvalue weighted by Crippen LogP contribution is -2.53. The normalized spacial score (nSPS) is 48.0. The molecule has 0 aromatic heterocycles. The van der Waals surface area contributed by atoms with Gasteiger partial charge in [-0.3, -0.25) is 0 Å². The van der Waals surface area contributed by atoms with Crippen LogP contribution >= 0.6 is 0 Å². The average molecular weight is 372 g/mol. The molecule has 1 radical (unpaired) electrons. The van der Waals surface area contributed by atoms with Crippen LogP contribution in [0.4, 0.5) is 0 Å². The van der Waals surface area contributed by atoms with Gasteiger partial charge in [0, 0.05) is 0 Å². The summed E-state index contributed by atoms with van der Waals surface area (Å²) in [7, 11) is 0. The summed E-state index contributed by atoms with van der Waals surface area (Å²) >= 11 is 0. The minimum absolute atomic E-state index is 0.656. The zero-order chi connectivity index (χ0) is 19.2. The third kappa shape index (κ3) is 3.44. The predicted octanol–water partition coefficient (Wildman–Crippen LogP) is 8.31. The maximum Gasteiger partial charge on any atom is -0.0264 e. The Bertz CT molecular complexity index is 506. The molecule has 3 unspecified atom stereocenters. The number of rotatable bonds is 5. The van der Waals surface area contributed by atoms with Crippen molar-refractivity contribution in [2.45, 2.75) is 112 Å². The van der Waals surface area contributed by atoms with E-state index in [0.29, 0.717) is 10.8 Å². The molecule has 4 saturated carbocycles. The molecule has 4 fully saturated rings. The molecule has 0 heteroatoms. The van der Waals surface area contributed by atoms with E-state index in [1.54, 1.807) is 19.3 Å². The summed E-state index contributed by atoms with van der Waals surface area (Å²) in [5, 5.41) is 0. The van der Waals surface area contributed by atoms with Crippen LogP contribution in [0.2, 0.25) is 0 Å². The van der Waals surface area contributed by atoms with Gasteiger partial charge in [0.1, 0.15) is 0 Å². The Balaban J connectivity index is 1.46. The Hall–Kier alpha value is 0. The second-order valence-corrected chi connectivity index (χ2v) is 12.2. The summed E-state index contributed by atoms with van der Waals surface area (Å²) in [6.45, 7) is 12.8. The first-order valence-electron chi connectivity index (χ1n) is 12.7. The van der Waals surface area contributed by atoms with Gasteiger partial charge in [-0.05, 0) is 104 Å². The molecular weight excluding hydrogens is 324 g/mol. The number of fused-ring (bicyclic) bond motifs is 5. The maximum absolute atomic E-state index is 2.82. The van der Waals surface area contributed by atoms with Crippen molar-refractivity contribution < 1.29 is 0 Å². The molecular formula is C27H47. The highest BCUT2D eigenvalue weighted by Gasteiger charge is 2.60. The van der Waals surface area contributed by atoms with E-state index in [4.69, 9.17) is 0 Å². The van der Waals surface area contributed by atoms with Gasteiger partial charge in [0.15, 0.2) is 0 Å². The molecule has 4 aliphatic carbocycles. The van der Waals surface area contributed by atoms with E-state index in [2.05, 4.69) is 41.0 Å². The molecule has 155 valence electrons. The highest BCUT2D eigenvalue weighted by atomic mass is 14.6. The molecule has 0 N–H and O–H groups in total. The molecule has 4 aliphatic rings. The summed E-state index contributed by atoms with van der Waals surface area (Å²) in [5.74, 6) is 6.88. The fourth-order valence-corrected chi connectivity index (χ4v) is 9.01.